The van der Waals surface area contributed by atoms with Crippen LogP contribution in [0, 0.1) is 16.7 Å². The Kier molecular flexibility index (Phi) is 4.98. The van der Waals surface area contributed by atoms with E-state index in [1.165, 1.54) is 0 Å². The molecule has 4 nitrogen and oxygen atoms in total. The summed E-state index contributed by atoms with van der Waals surface area (Å²) >= 11 is 0. The minimum absolute atomic E-state index is 0.0590. The van der Waals surface area contributed by atoms with E-state index in [4.69, 9.17) is 10.00 Å². The highest BCUT2D eigenvalue weighted by Gasteiger charge is 2.42. The van der Waals surface area contributed by atoms with Crippen LogP contribution in [0.2, 0.25) is 0 Å². The highest BCUT2D eigenvalue weighted by atomic mass is 16.5. The van der Waals surface area contributed by atoms with Gasteiger partial charge in [-0.05, 0) is 31.7 Å². The molecule has 2 rings (SSSR count). The molecule has 1 aromatic carbocycles. The molecule has 112 valence electrons. The minimum Gasteiger partial charge on any atom is -0.381 e. The van der Waals surface area contributed by atoms with E-state index >= 15 is 0 Å². The van der Waals surface area contributed by atoms with Gasteiger partial charge in [0.2, 0.25) is 5.91 Å². The summed E-state index contributed by atoms with van der Waals surface area (Å²) in [5.74, 6) is 0.0590. The zero-order chi connectivity index (χ0) is 15.3. The van der Waals surface area contributed by atoms with Crippen LogP contribution in [0.4, 0.5) is 0 Å². The van der Waals surface area contributed by atoms with Gasteiger partial charge in [0.1, 0.15) is 6.04 Å². The fourth-order valence-electron chi connectivity index (χ4n) is 2.85. The maximum atomic E-state index is 12.9. The Hall–Kier alpha value is -1.86. The second kappa shape index (κ2) is 6.73. The molecule has 1 atom stereocenters. The van der Waals surface area contributed by atoms with Gasteiger partial charge in [-0.1, -0.05) is 30.3 Å². The third kappa shape index (κ3) is 3.43. The van der Waals surface area contributed by atoms with E-state index in [-0.39, 0.29) is 5.91 Å². The van der Waals surface area contributed by atoms with Crippen molar-refractivity contribution in [3.8, 4) is 6.07 Å². The maximum Gasteiger partial charge on any atom is 0.230 e. The summed E-state index contributed by atoms with van der Waals surface area (Å²) in [4.78, 5) is 14.5. The van der Waals surface area contributed by atoms with Crippen molar-refractivity contribution in [2.24, 2.45) is 5.41 Å². The molecule has 0 radical (unpaired) electrons. The molecular formula is C17H22N2O2. The second-order valence-corrected chi connectivity index (χ2v) is 5.78. The Morgan fingerprint density at radius 3 is 2.57 bits per heavy atom. The Labute approximate surface area is 126 Å². The summed E-state index contributed by atoms with van der Waals surface area (Å²) in [6.07, 6.45) is 2.13. The number of nitrogens with zero attached hydrogens (tertiary/aromatic N) is 2. The van der Waals surface area contributed by atoms with E-state index in [9.17, 15) is 4.79 Å². The number of rotatable bonds is 4. The number of ether oxygens (including phenoxy) is 1. The normalized spacial score (nSPS) is 18.5. The van der Waals surface area contributed by atoms with Crippen molar-refractivity contribution < 1.29 is 9.53 Å². The first-order chi connectivity index (χ1) is 10.1. The molecule has 4 heteroatoms. The Morgan fingerprint density at radius 2 is 2.00 bits per heavy atom. The smallest absolute Gasteiger partial charge is 0.230 e. The first-order valence-corrected chi connectivity index (χ1v) is 7.38. The van der Waals surface area contributed by atoms with Crippen molar-refractivity contribution in [2.45, 2.75) is 32.2 Å². The Balaban J connectivity index is 2.25. The first kappa shape index (κ1) is 15.5. The maximum absolute atomic E-state index is 12.9. The second-order valence-electron chi connectivity index (χ2n) is 5.78. The molecule has 21 heavy (non-hydrogen) atoms. The van der Waals surface area contributed by atoms with E-state index in [0.29, 0.717) is 32.5 Å². The van der Waals surface area contributed by atoms with E-state index in [2.05, 4.69) is 18.2 Å². The number of hydrogen-bond donors (Lipinski definition) is 0. The summed E-state index contributed by atoms with van der Waals surface area (Å²) in [5.41, 5.74) is 0.713. The van der Waals surface area contributed by atoms with Gasteiger partial charge in [0.15, 0.2) is 0 Å². The van der Waals surface area contributed by atoms with Gasteiger partial charge in [0.05, 0.1) is 11.5 Å². The average molecular weight is 286 g/mol. The van der Waals surface area contributed by atoms with Gasteiger partial charge in [-0.25, -0.2) is 0 Å². The van der Waals surface area contributed by atoms with Crippen LogP contribution in [-0.2, 0) is 16.0 Å². The van der Waals surface area contributed by atoms with Crippen LogP contribution in [0.3, 0.4) is 0 Å². The van der Waals surface area contributed by atoms with Crippen molar-refractivity contribution in [3.63, 3.8) is 0 Å². The number of carbonyl (C=O) groups is 1. The molecule has 0 bridgehead atoms. The summed E-state index contributed by atoms with van der Waals surface area (Å²) in [6.45, 7) is 2.97. The molecule has 1 amide bonds. The van der Waals surface area contributed by atoms with Crippen molar-refractivity contribution >= 4 is 5.91 Å². The zero-order valence-corrected chi connectivity index (χ0v) is 12.7. The predicted molar refractivity (Wildman–Crippen MR) is 80.5 cm³/mol. The molecule has 0 spiro atoms. The Bertz CT molecular complexity index is 515. The van der Waals surface area contributed by atoms with Crippen LogP contribution >= 0.6 is 0 Å². The molecule has 0 saturated carbocycles. The lowest BCUT2D eigenvalue weighted by Gasteiger charge is -2.39. The number of nitriles is 1. The molecule has 0 aromatic heterocycles. The van der Waals surface area contributed by atoms with E-state index in [1.807, 2.05) is 18.2 Å². The molecule has 1 aliphatic rings. The molecule has 1 aromatic rings. The van der Waals surface area contributed by atoms with Crippen LogP contribution in [0.15, 0.2) is 30.3 Å². The topological polar surface area (TPSA) is 53.3 Å². The van der Waals surface area contributed by atoms with Crippen molar-refractivity contribution in [3.05, 3.63) is 35.9 Å². The highest BCUT2D eigenvalue weighted by molar-refractivity contribution is 5.83. The molecule has 1 aliphatic heterocycles. The lowest BCUT2D eigenvalue weighted by Crippen LogP contribution is -2.49. The fraction of sp³-hybridized carbons (Fsp3) is 0.529. The number of benzene rings is 1. The summed E-state index contributed by atoms with van der Waals surface area (Å²) < 4.78 is 5.44. The third-order valence-corrected chi connectivity index (χ3v) is 4.38. The number of carbonyl (C=O) groups excluding carboxylic acids is 1. The van der Waals surface area contributed by atoms with Crippen LogP contribution in [0.25, 0.3) is 0 Å². The van der Waals surface area contributed by atoms with Gasteiger partial charge >= 0.3 is 0 Å². The predicted octanol–water partition coefficient (Wildman–Crippen LogP) is 2.40. The lowest BCUT2D eigenvalue weighted by molar-refractivity contribution is -0.147. The van der Waals surface area contributed by atoms with Gasteiger partial charge in [-0.15, -0.1) is 0 Å². The van der Waals surface area contributed by atoms with E-state index in [0.717, 1.165) is 5.56 Å². The molecule has 1 saturated heterocycles. The van der Waals surface area contributed by atoms with Gasteiger partial charge in [0, 0.05) is 20.3 Å². The lowest BCUT2D eigenvalue weighted by atomic mass is 9.74. The van der Waals surface area contributed by atoms with Crippen LogP contribution in [-0.4, -0.2) is 37.1 Å². The van der Waals surface area contributed by atoms with Crippen LogP contribution in [0.1, 0.15) is 25.3 Å². The van der Waals surface area contributed by atoms with Gasteiger partial charge in [-0.2, -0.15) is 5.26 Å². The summed E-state index contributed by atoms with van der Waals surface area (Å²) in [6, 6.07) is 11.8. The van der Waals surface area contributed by atoms with Crippen molar-refractivity contribution in [1.82, 2.24) is 4.90 Å². The van der Waals surface area contributed by atoms with Gasteiger partial charge in [-0.3, -0.25) is 4.79 Å². The fourth-order valence-corrected chi connectivity index (χ4v) is 2.85. The number of hydrogen-bond acceptors (Lipinski definition) is 3. The molecule has 1 heterocycles. The monoisotopic (exact) mass is 286 g/mol. The summed E-state index contributed by atoms with van der Waals surface area (Å²) in [5, 5.41) is 9.06. The van der Waals surface area contributed by atoms with E-state index < -0.39 is 11.5 Å². The van der Waals surface area contributed by atoms with Crippen molar-refractivity contribution in [2.75, 3.05) is 20.3 Å². The largest absolute Gasteiger partial charge is 0.381 e. The van der Waals surface area contributed by atoms with E-state index in [1.54, 1.807) is 18.9 Å². The third-order valence-electron chi connectivity index (χ3n) is 4.38. The van der Waals surface area contributed by atoms with Gasteiger partial charge < -0.3 is 9.64 Å². The zero-order valence-electron chi connectivity index (χ0n) is 12.7. The van der Waals surface area contributed by atoms with Crippen LogP contribution in [0.5, 0.6) is 0 Å². The highest BCUT2D eigenvalue weighted by Crippen LogP contribution is 2.36. The first-order valence-electron chi connectivity index (χ1n) is 7.38. The van der Waals surface area contributed by atoms with Crippen molar-refractivity contribution in [1.29, 1.82) is 5.26 Å². The standard InChI is InChI=1S/C17H22N2O2/c1-14(13-18)19(2)16(20)17(8-10-21-11-9-17)12-15-6-4-3-5-7-15/h3-7,14H,8-12H2,1-2H3. The Morgan fingerprint density at radius 1 is 1.38 bits per heavy atom. The molecule has 0 N–H and O–H groups in total. The SMILES string of the molecule is CC(C#N)N(C)C(=O)C1(Cc2ccccc2)CCOCC1. The minimum atomic E-state index is -0.445. The van der Waals surface area contributed by atoms with Gasteiger partial charge in [0.25, 0.3) is 0 Å². The molecular weight excluding hydrogens is 264 g/mol. The average Bonchev–Trinajstić information content (AvgIpc) is 2.54. The van der Waals surface area contributed by atoms with Crippen LogP contribution < -0.4 is 0 Å². The summed E-state index contributed by atoms with van der Waals surface area (Å²) in [7, 11) is 1.72. The number of amides is 1. The molecule has 0 aliphatic carbocycles. The quantitative estimate of drug-likeness (QED) is 0.854. The molecule has 1 unspecified atom stereocenters. The molecule has 1 fully saturated rings.